The Hall–Kier alpha value is -0.730. The van der Waals surface area contributed by atoms with Crippen molar-refractivity contribution in [1.29, 1.82) is 0 Å². The Morgan fingerprint density at radius 3 is 2.00 bits per heavy atom. The Morgan fingerprint density at radius 2 is 1.50 bits per heavy atom. The number of likely N-dealkylation sites (tertiary alicyclic amines) is 1. The van der Waals surface area contributed by atoms with Crippen LogP contribution in [0.25, 0.3) is 0 Å². The van der Waals surface area contributed by atoms with Gasteiger partial charge in [0.05, 0.1) is 0 Å². The summed E-state index contributed by atoms with van der Waals surface area (Å²) >= 11 is 0. The average molecular weight is 311 g/mol. The van der Waals surface area contributed by atoms with Crippen LogP contribution in [0.1, 0.15) is 91.4 Å². The normalized spacial score (nSPS) is 19.1. The summed E-state index contributed by atoms with van der Waals surface area (Å²) in [6.07, 6.45) is 14.4. The van der Waals surface area contributed by atoms with E-state index in [1.165, 1.54) is 57.8 Å². The van der Waals surface area contributed by atoms with Crippen molar-refractivity contribution in [2.24, 2.45) is 17.1 Å². The summed E-state index contributed by atoms with van der Waals surface area (Å²) in [6.45, 7) is 8.79. The van der Waals surface area contributed by atoms with Crippen molar-refractivity contribution >= 4 is 6.03 Å². The first kappa shape index (κ1) is 19.3. The van der Waals surface area contributed by atoms with Crippen LogP contribution in [0.5, 0.6) is 0 Å². The lowest BCUT2D eigenvalue weighted by Crippen LogP contribution is -2.45. The maximum absolute atomic E-state index is 11.3. The van der Waals surface area contributed by atoms with Crippen molar-refractivity contribution in [3.8, 4) is 0 Å². The number of hydrogen-bond acceptors (Lipinski definition) is 1. The highest BCUT2D eigenvalue weighted by molar-refractivity contribution is 5.72. The zero-order valence-corrected chi connectivity index (χ0v) is 15.2. The third kappa shape index (κ3) is 6.18. The van der Waals surface area contributed by atoms with Crippen LogP contribution in [0.2, 0.25) is 0 Å². The molecule has 1 aliphatic rings. The van der Waals surface area contributed by atoms with Gasteiger partial charge in [0.1, 0.15) is 0 Å². The Labute approximate surface area is 138 Å². The molecule has 3 nitrogen and oxygen atoms in total. The Balaban J connectivity index is 2.54. The molecule has 0 aromatic heterocycles. The van der Waals surface area contributed by atoms with E-state index in [1.807, 2.05) is 4.90 Å². The molecule has 1 rings (SSSR count). The highest BCUT2D eigenvalue weighted by Gasteiger charge is 2.35. The summed E-state index contributed by atoms with van der Waals surface area (Å²) in [7, 11) is 0. The van der Waals surface area contributed by atoms with Gasteiger partial charge in [-0.05, 0) is 37.0 Å². The van der Waals surface area contributed by atoms with E-state index in [4.69, 9.17) is 5.73 Å². The Morgan fingerprint density at radius 1 is 1.00 bits per heavy atom. The number of nitrogens with two attached hydrogens (primary N) is 1. The lowest BCUT2D eigenvalue weighted by atomic mass is 9.66. The first-order chi connectivity index (χ1) is 10.5. The summed E-state index contributed by atoms with van der Waals surface area (Å²) in [6, 6.07) is -0.242. The molecular weight excluding hydrogens is 272 g/mol. The van der Waals surface area contributed by atoms with E-state index >= 15 is 0 Å². The van der Waals surface area contributed by atoms with Gasteiger partial charge in [-0.1, -0.05) is 65.7 Å². The number of urea groups is 1. The first-order valence-corrected chi connectivity index (χ1v) is 9.58. The molecule has 2 N–H and O–H groups in total. The molecule has 130 valence electrons. The molecule has 0 spiro atoms. The summed E-state index contributed by atoms with van der Waals surface area (Å²) in [5.74, 6) is 0.765. The molecular formula is C19H38N2O. The Bertz CT molecular complexity index is 311. The second kappa shape index (κ2) is 10.1. The second-order valence-electron chi connectivity index (χ2n) is 7.52. The van der Waals surface area contributed by atoms with Gasteiger partial charge in [-0.3, -0.25) is 0 Å². The maximum Gasteiger partial charge on any atom is 0.314 e. The molecule has 1 saturated heterocycles. The van der Waals surface area contributed by atoms with Crippen LogP contribution >= 0.6 is 0 Å². The molecule has 0 aromatic carbocycles. The summed E-state index contributed by atoms with van der Waals surface area (Å²) in [4.78, 5) is 13.1. The third-order valence-corrected chi connectivity index (χ3v) is 5.75. The Kier molecular flexibility index (Phi) is 8.89. The number of carbonyl (C=O) groups is 1. The standard InChI is InChI=1S/C19H38N2O/c1-4-6-8-10-14-19(3,13-9-7-5-2)17-11-15-21(16-12-17)18(20)22/h17H,4-16H2,1-3H3,(H2,20,22). The highest BCUT2D eigenvalue weighted by atomic mass is 16.2. The molecule has 2 amide bonds. The molecule has 1 atom stereocenters. The van der Waals surface area contributed by atoms with E-state index in [1.54, 1.807) is 0 Å². The number of piperidine rings is 1. The van der Waals surface area contributed by atoms with Crippen molar-refractivity contribution in [3.63, 3.8) is 0 Å². The minimum Gasteiger partial charge on any atom is -0.351 e. The molecule has 0 bridgehead atoms. The summed E-state index contributed by atoms with van der Waals surface area (Å²) < 4.78 is 0. The molecule has 3 heteroatoms. The smallest absolute Gasteiger partial charge is 0.314 e. The molecule has 1 unspecified atom stereocenters. The molecule has 1 aliphatic heterocycles. The molecule has 0 aromatic rings. The van der Waals surface area contributed by atoms with Gasteiger partial charge >= 0.3 is 6.03 Å². The summed E-state index contributed by atoms with van der Waals surface area (Å²) in [5.41, 5.74) is 5.89. The van der Waals surface area contributed by atoms with E-state index < -0.39 is 0 Å². The molecule has 22 heavy (non-hydrogen) atoms. The predicted molar refractivity (Wildman–Crippen MR) is 94.9 cm³/mol. The molecule has 0 aliphatic carbocycles. The number of amides is 2. The van der Waals surface area contributed by atoms with Crippen LogP contribution in [0.15, 0.2) is 0 Å². The quantitative estimate of drug-likeness (QED) is 0.544. The fourth-order valence-corrected chi connectivity index (χ4v) is 4.06. The van der Waals surface area contributed by atoms with Gasteiger partial charge in [0, 0.05) is 13.1 Å². The number of carbonyl (C=O) groups excluding carboxylic acids is 1. The largest absolute Gasteiger partial charge is 0.351 e. The van der Waals surface area contributed by atoms with Crippen LogP contribution in [0.3, 0.4) is 0 Å². The average Bonchev–Trinajstić information content (AvgIpc) is 2.52. The van der Waals surface area contributed by atoms with E-state index in [2.05, 4.69) is 20.8 Å². The zero-order valence-electron chi connectivity index (χ0n) is 15.2. The van der Waals surface area contributed by atoms with Gasteiger partial charge in [0.15, 0.2) is 0 Å². The molecule has 1 fully saturated rings. The molecule has 1 heterocycles. The number of nitrogens with zero attached hydrogens (tertiary/aromatic N) is 1. The fourth-order valence-electron chi connectivity index (χ4n) is 4.06. The maximum atomic E-state index is 11.3. The monoisotopic (exact) mass is 310 g/mol. The zero-order chi connectivity index (χ0) is 16.4. The lowest BCUT2D eigenvalue weighted by molar-refractivity contribution is 0.0801. The van der Waals surface area contributed by atoms with Crippen molar-refractivity contribution in [1.82, 2.24) is 4.90 Å². The van der Waals surface area contributed by atoms with Gasteiger partial charge in [-0.25, -0.2) is 4.79 Å². The molecule has 0 radical (unpaired) electrons. The first-order valence-electron chi connectivity index (χ1n) is 9.58. The second-order valence-corrected chi connectivity index (χ2v) is 7.52. The van der Waals surface area contributed by atoms with Gasteiger partial charge in [-0.15, -0.1) is 0 Å². The van der Waals surface area contributed by atoms with Gasteiger partial charge in [-0.2, -0.15) is 0 Å². The topological polar surface area (TPSA) is 46.3 Å². The van der Waals surface area contributed by atoms with Gasteiger partial charge in [0.25, 0.3) is 0 Å². The number of unbranched alkanes of at least 4 members (excludes halogenated alkanes) is 5. The summed E-state index contributed by atoms with van der Waals surface area (Å²) in [5, 5.41) is 0. The minimum atomic E-state index is -0.242. The van der Waals surface area contributed by atoms with Crippen LogP contribution in [-0.2, 0) is 0 Å². The van der Waals surface area contributed by atoms with E-state index in [0.29, 0.717) is 5.41 Å². The van der Waals surface area contributed by atoms with E-state index in [-0.39, 0.29) is 6.03 Å². The molecule has 0 saturated carbocycles. The number of primary amides is 1. The van der Waals surface area contributed by atoms with Crippen molar-refractivity contribution < 1.29 is 4.79 Å². The number of rotatable bonds is 10. The van der Waals surface area contributed by atoms with Crippen LogP contribution in [-0.4, -0.2) is 24.0 Å². The van der Waals surface area contributed by atoms with E-state index in [9.17, 15) is 4.79 Å². The van der Waals surface area contributed by atoms with Crippen molar-refractivity contribution in [2.75, 3.05) is 13.1 Å². The van der Waals surface area contributed by atoms with Gasteiger partial charge < -0.3 is 10.6 Å². The third-order valence-electron chi connectivity index (χ3n) is 5.75. The predicted octanol–water partition coefficient (Wildman–Crippen LogP) is 5.33. The van der Waals surface area contributed by atoms with Crippen LogP contribution in [0, 0.1) is 11.3 Å². The SMILES string of the molecule is CCCCCCC(C)(CCCCC)C1CCN(C(N)=O)CC1. The van der Waals surface area contributed by atoms with Crippen molar-refractivity contribution in [2.45, 2.75) is 91.4 Å². The van der Waals surface area contributed by atoms with E-state index in [0.717, 1.165) is 31.8 Å². The van der Waals surface area contributed by atoms with Crippen LogP contribution in [0.4, 0.5) is 4.79 Å². The van der Waals surface area contributed by atoms with Gasteiger partial charge in [0.2, 0.25) is 0 Å². The fraction of sp³-hybridized carbons (Fsp3) is 0.947. The lowest BCUT2D eigenvalue weighted by Gasteiger charge is -2.43. The van der Waals surface area contributed by atoms with Crippen molar-refractivity contribution in [3.05, 3.63) is 0 Å². The van der Waals surface area contributed by atoms with Crippen LogP contribution < -0.4 is 5.73 Å². The minimum absolute atomic E-state index is 0.242. The highest BCUT2D eigenvalue weighted by Crippen LogP contribution is 2.43. The number of hydrogen-bond donors (Lipinski definition) is 1.